The molecule has 0 heterocycles. The third-order valence-corrected chi connectivity index (χ3v) is 3.12. The molecular weight excluding hydrogens is 189 g/mol. The van der Waals surface area contributed by atoms with Gasteiger partial charge in [0.2, 0.25) is 0 Å². The van der Waals surface area contributed by atoms with Crippen molar-refractivity contribution in [3.05, 3.63) is 34.4 Å². The van der Waals surface area contributed by atoms with Crippen molar-refractivity contribution in [2.75, 3.05) is 13.1 Å². The molecule has 0 spiro atoms. The second kappa shape index (κ2) is 7.17. The van der Waals surface area contributed by atoms with Crippen LogP contribution in [-0.2, 0) is 6.54 Å². The molecule has 1 nitrogen and oxygen atoms in total. The molecular formula is C14H24LiN. The molecule has 2 heteroatoms. The molecule has 86 valence electrons. The first-order chi connectivity index (χ1) is 7.08. The van der Waals surface area contributed by atoms with Gasteiger partial charge in [-0.15, -0.1) is 0 Å². The number of nitrogens with zero attached hydrogens (tertiary/aromatic N) is 1. The van der Waals surface area contributed by atoms with Gasteiger partial charge in [-0.1, -0.05) is 31.5 Å². The summed E-state index contributed by atoms with van der Waals surface area (Å²) in [6.07, 6.45) is 0. The molecule has 0 saturated heterocycles. The van der Waals surface area contributed by atoms with Crippen molar-refractivity contribution in [2.45, 2.75) is 41.2 Å². The Kier molecular flexibility index (Phi) is 7.07. The number of aryl methyl sites for hydroxylation is 3. The molecule has 0 N–H and O–H groups in total. The van der Waals surface area contributed by atoms with E-state index >= 15 is 0 Å². The minimum absolute atomic E-state index is 0. The van der Waals surface area contributed by atoms with Crippen LogP contribution in [0.25, 0.3) is 0 Å². The standard InChI is InChI=1S/C14H23N.Li.H/c1-6-15(7-2)10-14-12(4)8-11(3)9-13(14)5;;/h8-9H,6-7,10H2,1-5H3;;/q;+1;-1. The molecule has 0 amide bonds. The molecule has 0 aromatic heterocycles. The van der Waals surface area contributed by atoms with Gasteiger partial charge >= 0.3 is 18.9 Å². The Bertz CT molecular complexity index is 312. The van der Waals surface area contributed by atoms with E-state index in [1.165, 1.54) is 22.3 Å². The van der Waals surface area contributed by atoms with Gasteiger partial charge < -0.3 is 1.43 Å². The van der Waals surface area contributed by atoms with Crippen LogP contribution in [0.3, 0.4) is 0 Å². The van der Waals surface area contributed by atoms with Gasteiger partial charge in [0, 0.05) is 6.54 Å². The van der Waals surface area contributed by atoms with Crippen LogP contribution in [0.1, 0.15) is 37.5 Å². The summed E-state index contributed by atoms with van der Waals surface area (Å²) < 4.78 is 0. The van der Waals surface area contributed by atoms with Gasteiger partial charge in [0.25, 0.3) is 0 Å². The first-order valence-electron chi connectivity index (χ1n) is 5.87. The Balaban J connectivity index is 0. The molecule has 0 aliphatic rings. The van der Waals surface area contributed by atoms with Crippen LogP contribution in [0, 0.1) is 20.8 Å². The number of benzene rings is 1. The van der Waals surface area contributed by atoms with Gasteiger partial charge in [-0.3, -0.25) is 4.90 Å². The van der Waals surface area contributed by atoms with Crippen molar-refractivity contribution >= 4 is 0 Å². The molecule has 16 heavy (non-hydrogen) atoms. The molecule has 0 radical (unpaired) electrons. The molecule has 0 atom stereocenters. The first kappa shape index (κ1) is 15.8. The van der Waals surface area contributed by atoms with Gasteiger partial charge in [-0.05, 0) is 50.6 Å². The molecule has 0 bridgehead atoms. The largest absolute Gasteiger partial charge is 1.00 e. The quantitative estimate of drug-likeness (QED) is 0.661. The normalized spacial score (nSPS) is 10.4. The molecule has 0 fully saturated rings. The van der Waals surface area contributed by atoms with Gasteiger partial charge in [-0.2, -0.15) is 0 Å². The monoisotopic (exact) mass is 213 g/mol. The summed E-state index contributed by atoms with van der Waals surface area (Å²) in [4.78, 5) is 2.46. The Hall–Kier alpha value is -0.223. The Morgan fingerprint density at radius 2 is 1.44 bits per heavy atom. The Morgan fingerprint density at radius 1 is 1.00 bits per heavy atom. The average Bonchev–Trinajstić information content (AvgIpc) is 2.17. The second-order valence-corrected chi connectivity index (χ2v) is 4.34. The summed E-state index contributed by atoms with van der Waals surface area (Å²) in [6.45, 7) is 14.4. The van der Waals surface area contributed by atoms with Crippen LogP contribution in [0.15, 0.2) is 12.1 Å². The van der Waals surface area contributed by atoms with E-state index in [1.54, 1.807) is 0 Å². The summed E-state index contributed by atoms with van der Waals surface area (Å²) >= 11 is 0. The smallest absolute Gasteiger partial charge is 1.00 e. The molecule has 1 aromatic carbocycles. The van der Waals surface area contributed by atoms with E-state index in [9.17, 15) is 0 Å². The Labute approximate surface area is 114 Å². The third-order valence-electron chi connectivity index (χ3n) is 3.12. The minimum Gasteiger partial charge on any atom is -1.00 e. The van der Waals surface area contributed by atoms with Gasteiger partial charge in [0.05, 0.1) is 0 Å². The number of rotatable bonds is 4. The number of hydrogen-bond donors (Lipinski definition) is 0. The molecule has 0 aliphatic carbocycles. The summed E-state index contributed by atoms with van der Waals surface area (Å²) in [7, 11) is 0. The van der Waals surface area contributed by atoms with Crippen molar-refractivity contribution in [3.8, 4) is 0 Å². The zero-order chi connectivity index (χ0) is 11.4. The van der Waals surface area contributed by atoms with E-state index in [2.05, 4.69) is 51.7 Å². The minimum atomic E-state index is 0. The summed E-state index contributed by atoms with van der Waals surface area (Å²) in [5, 5.41) is 0. The fraction of sp³-hybridized carbons (Fsp3) is 0.571. The van der Waals surface area contributed by atoms with E-state index < -0.39 is 0 Å². The van der Waals surface area contributed by atoms with Crippen LogP contribution in [0.4, 0.5) is 0 Å². The summed E-state index contributed by atoms with van der Waals surface area (Å²) in [6, 6.07) is 4.57. The maximum atomic E-state index is 2.46. The van der Waals surface area contributed by atoms with Crippen LogP contribution in [0.5, 0.6) is 0 Å². The van der Waals surface area contributed by atoms with Gasteiger partial charge in [0.1, 0.15) is 0 Å². The molecule has 0 aliphatic heterocycles. The van der Waals surface area contributed by atoms with Gasteiger partial charge in [0.15, 0.2) is 0 Å². The fourth-order valence-electron chi connectivity index (χ4n) is 2.13. The predicted octanol–water partition coefficient (Wildman–Crippen LogP) is 0.570. The van der Waals surface area contributed by atoms with E-state index in [-0.39, 0.29) is 20.3 Å². The fourth-order valence-corrected chi connectivity index (χ4v) is 2.13. The topological polar surface area (TPSA) is 3.24 Å². The number of hydrogen-bond acceptors (Lipinski definition) is 1. The van der Waals surface area contributed by atoms with Crippen molar-refractivity contribution in [3.63, 3.8) is 0 Å². The van der Waals surface area contributed by atoms with E-state index in [0.717, 1.165) is 19.6 Å². The van der Waals surface area contributed by atoms with Crippen molar-refractivity contribution in [2.24, 2.45) is 0 Å². The Morgan fingerprint density at radius 3 is 1.81 bits per heavy atom. The van der Waals surface area contributed by atoms with Crippen LogP contribution < -0.4 is 18.9 Å². The molecule has 1 aromatic rings. The molecule has 0 saturated carbocycles. The molecule has 0 unspecified atom stereocenters. The maximum Gasteiger partial charge on any atom is 1.00 e. The maximum absolute atomic E-state index is 2.46. The zero-order valence-corrected chi connectivity index (χ0v) is 11.7. The zero-order valence-electron chi connectivity index (χ0n) is 12.7. The second-order valence-electron chi connectivity index (χ2n) is 4.34. The average molecular weight is 213 g/mol. The van der Waals surface area contributed by atoms with Crippen LogP contribution in [-0.4, -0.2) is 18.0 Å². The van der Waals surface area contributed by atoms with Crippen molar-refractivity contribution in [1.82, 2.24) is 4.90 Å². The third kappa shape index (κ3) is 3.98. The van der Waals surface area contributed by atoms with E-state index in [1.807, 2.05) is 0 Å². The predicted molar refractivity (Wildman–Crippen MR) is 68.4 cm³/mol. The van der Waals surface area contributed by atoms with Crippen LogP contribution in [0.2, 0.25) is 0 Å². The van der Waals surface area contributed by atoms with E-state index in [0.29, 0.717) is 0 Å². The first-order valence-corrected chi connectivity index (χ1v) is 5.87. The molecule has 1 rings (SSSR count). The summed E-state index contributed by atoms with van der Waals surface area (Å²) in [5.41, 5.74) is 5.73. The van der Waals surface area contributed by atoms with Crippen molar-refractivity contribution < 1.29 is 20.3 Å². The van der Waals surface area contributed by atoms with Crippen molar-refractivity contribution in [1.29, 1.82) is 0 Å². The SMILES string of the molecule is CCN(CC)Cc1c(C)cc(C)cc1C.[H-].[Li+]. The van der Waals surface area contributed by atoms with Crippen LogP contribution >= 0.6 is 0 Å². The van der Waals surface area contributed by atoms with Gasteiger partial charge in [-0.25, -0.2) is 0 Å². The summed E-state index contributed by atoms with van der Waals surface area (Å²) in [5.74, 6) is 0. The van der Waals surface area contributed by atoms with E-state index in [4.69, 9.17) is 0 Å².